The average Bonchev–Trinajstić information content (AvgIpc) is 2.41. The minimum atomic E-state index is -0.0631. The van der Waals surface area contributed by atoms with Crippen LogP contribution in [0, 0.1) is 6.92 Å². The van der Waals surface area contributed by atoms with Crippen molar-refractivity contribution >= 4 is 60.9 Å². The standard InChI is InChI=1S/C15H14Br2N2OS/c1-9-2-4-13(11(17)6-9)19-15(20)8-21-14-5-3-10(16)7-12(14)18/h2-7H,8,18H2,1H3,(H,19,20). The molecule has 0 aliphatic carbocycles. The highest BCUT2D eigenvalue weighted by molar-refractivity contribution is 9.10. The summed E-state index contributed by atoms with van der Waals surface area (Å²) in [5.41, 5.74) is 8.49. The average molecular weight is 430 g/mol. The van der Waals surface area contributed by atoms with Crippen LogP contribution in [0.4, 0.5) is 11.4 Å². The first-order valence-corrected chi connectivity index (χ1v) is 8.76. The van der Waals surface area contributed by atoms with Crippen LogP contribution >= 0.6 is 43.6 Å². The van der Waals surface area contributed by atoms with Crippen LogP contribution in [0.25, 0.3) is 0 Å². The molecule has 0 spiro atoms. The van der Waals surface area contributed by atoms with Crippen LogP contribution < -0.4 is 11.1 Å². The van der Waals surface area contributed by atoms with Gasteiger partial charge < -0.3 is 11.1 Å². The highest BCUT2D eigenvalue weighted by atomic mass is 79.9. The number of rotatable bonds is 4. The lowest BCUT2D eigenvalue weighted by Crippen LogP contribution is -2.14. The van der Waals surface area contributed by atoms with Crippen LogP contribution in [-0.2, 0) is 4.79 Å². The van der Waals surface area contributed by atoms with Crippen molar-refractivity contribution in [2.24, 2.45) is 0 Å². The fourth-order valence-electron chi connectivity index (χ4n) is 1.70. The molecule has 21 heavy (non-hydrogen) atoms. The van der Waals surface area contributed by atoms with Gasteiger partial charge in [-0.1, -0.05) is 22.0 Å². The van der Waals surface area contributed by atoms with Crippen LogP contribution in [-0.4, -0.2) is 11.7 Å². The molecule has 0 bridgehead atoms. The highest BCUT2D eigenvalue weighted by Gasteiger charge is 2.08. The number of thioether (sulfide) groups is 1. The predicted molar refractivity (Wildman–Crippen MR) is 96.8 cm³/mol. The van der Waals surface area contributed by atoms with Crippen LogP contribution in [0.2, 0.25) is 0 Å². The van der Waals surface area contributed by atoms with Crippen LogP contribution in [0.3, 0.4) is 0 Å². The first-order chi connectivity index (χ1) is 9.95. The molecule has 0 atom stereocenters. The summed E-state index contributed by atoms with van der Waals surface area (Å²) in [5, 5.41) is 2.88. The zero-order valence-corrected chi connectivity index (χ0v) is 15.3. The normalized spacial score (nSPS) is 10.4. The molecule has 2 aromatic carbocycles. The van der Waals surface area contributed by atoms with Gasteiger partial charge in [-0.15, -0.1) is 11.8 Å². The molecule has 2 aromatic rings. The number of hydrogen-bond donors (Lipinski definition) is 2. The number of nitrogen functional groups attached to an aromatic ring is 1. The molecule has 6 heteroatoms. The number of nitrogens with one attached hydrogen (secondary N) is 1. The maximum Gasteiger partial charge on any atom is 0.234 e. The van der Waals surface area contributed by atoms with E-state index in [1.807, 2.05) is 43.3 Å². The third kappa shape index (κ3) is 4.76. The smallest absolute Gasteiger partial charge is 0.234 e. The fourth-order valence-corrected chi connectivity index (χ4v) is 3.42. The molecule has 0 heterocycles. The Balaban J connectivity index is 1.96. The van der Waals surface area contributed by atoms with Crippen molar-refractivity contribution in [1.82, 2.24) is 0 Å². The van der Waals surface area contributed by atoms with Crippen molar-refractivity contribution in [1.29, 1.82) is 0 Å². The Morgan fingerprint density at radius 2 is 2.00 bits per heavy atom. The predicted octanol–water partition coefficient (Wildman–Crippen LogP) is 4.83. The number of nitrogens with two attached hydrogens (primary N) is 1. The zero-order chi connectivity index (χ0) is 15.4. The van der Waals surface area contributed by atoms with Gasteiger partial charge in [0.2, 0.25) is 5.91 Å². The fraction of sp³-hybridized carbons (Fsp3) is 0.133. The van der Waals surface area contributed by atoms with Crippen molar-refractivity contribution in [3.8, 4) is 0 Å². The van der Waals surface area contributed by atoms with E-state index in [1.165, 1.54) is 11.8 Å². The summed E-state index contributed by atoms with van der Waals surface area (Å²) in [6.45, 7) is 2.00. The Hall–Kier alpha value is -0.980. The third-order valence-electron chi connectivity index (χ3n) is 2.73. The van der Waals surface area contributed by atoms with Crippen molar-refractivity contribution in [2.75, 3.05) is 16.8 Å². The number of carbonyl (C=O) groups is 1. The van der Waals surface area contributed by atoms with E-state index in [9.17, 15) is 4.79 Å². The molecule has 0 aliphatic rings. The molecule has 1 amide bonds. The highest BCUT2D eigenvalue weighted by Crippen LogP contribution is 2.28. The van der Waals surface area contributed by atoms with Gasteiger partial charge in [-0.2, -0.15) is 0 Å². The van der Waals surface area contributed by atoms with E-state index in [1.54, 1.807) is 0 Å². The number of benzene rings is 2. The number of carbonyl (C=O) groups excluding carboxylic acids is 1. The number of halogens is 2. The van der Waals surface area contributed by atoms with E-state index < -0.39 is 0 Å². The zero-order valence-electron chi connectivity index (χ0n) is 11.3. The number of hydrogen-bond acceptors (Lipinski definition) is 3. The van der Waals surface area contributed by atoms with E-state index in [4.69, 9.17) is 5.73 Å². The largest absolute Gasteiger partial charge is 0.398 e. The Morgan fingerprint density at radius 1 is 1.24 bits per heavy atom. The lowest BCUT2D eigenvalue weighted by molar-refractivity contribution is -0.113. The quantitative estimate of drug-likeness (QED) is 0.540. The van der Waals surface area contributed by atoms with Gasteiger partial charge in [-0.25, -0.2) is 0 Å². The summed E-state index contributed by atoms with van der Waals surface area (Å²) in [6, 6.07) is 11.5. The number of amides is 1. The van der Waals surface area contributed by atoms with E-state index in [-0.39, 0.29) is 5.91 Å². The van der Waals surface area contributed by atoms with Crippen molar-refractivity contribution in [2.45, 2.75) is 11.8 Å². The van der Waals surface area contributed by atoms with Gasteiger partial charge in [0.15, 0.2) is 0 Å². The molecule has 0 fully saturated rings. The third-order valence-corrected chi connectivity index (χ3v) is 4.97. The molecule has 0 saturated heterocycles. The SMILES string of the molecule is Cc1ccc(NC(=O)CSc2ccc(Br)cc2N)c(Br)c1. The molecule has 3 nitrogen and oxygen atoms in total. The van der Waals surface area contributed by atoms with Crippen molar-refractivity contribution in [3.63, 3.8) is 0 Å². The van der Waals surface area contributed by atoms with Gasteiger partial charge in [0.1, 0.15) is 0 Å². The Bertz CT molecular complexity index is 677. The van der Waals surface area contributed by atoms with Crippen molar-refractivity contribution in [3.05, 3.63) is 50.9 Å². The molecular weight excluding hydrogens is 416 g/mol. The lowest BCUT2D eigenvalue weighted by atomic mass is 10.2. The molecule has 2 rings (SSSR count). The van der Waals surface area contributed by atoms with Crippen LogP contribution in [0.1, 0.15) is 5.56 Å². The summed E-state index contributed by atoms with van der Waals surface area (Å²) in [4.78, 5) is 12.9. The van der Waals surface area contributed by atoms with Gasteiger partial charge in [-0.3, -0.25) is 4.79 Å². The summed E-state index contributed by atoms with van der Waals surface area (Å²) < 4.78 is 1.81. The van der Waals surface area contributed by atoms with Gasteiger partial charge in [0, 0.05) is 19.5 Å². The molecule has 0 unspecified atom stereocenters. The van der Waals surface area contributed by atoms with Crippen LogP contribution in [0.15, 0.2) is 50.2 Å². The Labute approximate surface area is 144 Å². The van der Waals surface area contributed by atoms with Gasteiger partial charge >= 0.3 is 0 Å². The number of aryl methyl sites for hydroxylation is 1. The summed E-state index contributed by atoms with van der Waals surface area (Å²) in [6.07, 6.45) is 0. The molecule has 0 aliphatic heterocycles. The van der Waals surface area contributed by atoms with Gasteiger partial charge in [0.25, 0.3) is 0 Å². The molecule has 3 N–H and O–H groups in total. The first kappa shape index (κ1) is 16.4. The molecule has 0 radical (unpaired) electrons. The molecular formula is C15H14Br2N2OS. The van der Waals surface area contributed by atoms with Gasteiger partial charge in [0.05, 0.1) is 11.4 Å². The second-order valence-corrected chi connectivity index (χ2v) is 7.29. The Morgan fingerprint density at radius 3 is 2.67 bits per heavy atom. The summed E-state index contributed by atoms with van der Waals surface area (Å²) in [7, 11) is 0. The Kier molecular flexibility index (Phi) is 5.72. The second kappa shape index (κ2) is 7.33. The van der Waals surface area contributed by atoms with E-state index in [0.29, 0.717) is 11.4 Å². The first-order valence-electron chi connectivity index (χ1n) is 6.19. The molecule has 110 valence electrons. The van der Waals surface area contributed by atoms with Gasteiger partial charge in [-0.05, 0) is 58.7 Å². The summed E-state index contributed by atoms with van der Waals surface area (Å²) in [5.74, 6) is 0.249. The minimum absolute atomic E-state index is 0.0631. The molecule has 0 saturated carbocycles. The lowest BCUT2D eigenvalue weighted by Gasteiger charge is -2.09. The maximum absolute atomic E-state index is 12.0. The monoisotopic (exact) mass is 428 g/mol. The second-order valence-electron chi connectivity index (χ2n) is 4.50. The number of anilines is 2. The maximum atomic E-state index is 12.0. The van der Waals surface area contributed by atoms with E-state index in [0.717, 1.165) is 25.1 Å². The van der Waals surface area contributed by atoms with Crippen LogP contribution in [0.5, 0.6) is 0 Å². The minimum Gasteiger partial charge on any atom is -0.398 e. The van der Waals surface area contributed by atoms with E-state index in [2.05, 4.69) is 37.2 Å². The van der Waals surface area contributed by atoms with Crippen molar-refractivity contribution < 1.29 is 4.79 Å². The van der Waals surface area contributed by atoms with E-state index >= 15 is 0 Å². The summed E-state index contributed by atoms with van der Waals surface area (Å²) >= 11 is 8.22. The molecule has 0 aromatic heterocycles. The topological polar surface area (TPSA) is 55.1 Å².